The number of hydroxylamine groups is 1. The number of amides is 1. The van der Waals surface area contributed by atoms with E-state index in [-0.39, 0.29) is 0 Å². The summed E-state index contributed by atoms with van der Waals surface area (Å²) in [6.45, 7) is 2.52. The van der Waals surface area contributed by atoms with Crippen LogP contribution in [0.3, 0.4) is 0 Å². The Morgan fingerprint density at radius 2 is 2.14 bits per heavy atom. The summed E-state index contributed by atoms with van der Waals surface area (Å²) in [5.74, 6) is 0.833. The number of carbonyl (C=O) groups excluding carboxylic acids is 1. The van der Waals surface area contributed by atoms with Crippen LogP contribution in [0.4, 0.5) is 11.5 Å². The van der Waals surface area contributed by atoms with Crippen LogP contribution in [-0.4, -0.2) is 22.7 Å². The van der Waals surface area contributed by atoms with E-state index in [0.717, 1.165) is 17.0 Å². The van der Waals surface area contributed by atoms with Gasteiger partial charge in [-0.25, -0.2) is 10.5 Å². The number of ether oxygens (including phenoxy) is 1. The molecule has 0 fully saturated rings. The second-order valence-corrected chi connectivity index (χ2v) is 4.34. The van der Waals surface area contributed by atoms with E-state index < -0.39 is 5.91 Å². The summed E-state index contributed by atoms with van der Waals surface area (Å²) < 4.78 is 5.54. The van der Waals surface area contributed by atoms with Gasteiger partial charge in [0, 0.05) is 12.3 Å². The number of nitrogens with zero attached hydrogens (tertiary/aromatic N) is 1. The number of hydrogen-bond acceptors (Lipinski definition) is 5. The average molecular weight is 299 g/mol. The lowest BCUT2D eigenvalue weighted by Crippen LogP contribution is -2.14. The van der Waals surface area contributed by atoms with Crippen LogP contribution in [0, 0.1) is 0 Å². The van der Waals surface area contributed by atoms with Gasteiger partial charge in [-0.15, -0.1) is 0 Å². The molecular formula is C16H17N3O3. The van der Waals surface area contributed by atoms with Gasteiger partial charge < -0.3 is 10.1 Å². The first-order valence-electron chi connectivity index (χ1n) is 6.80. The van der Waals surface area contributed by atoms with Crippen LogP contribution in [-0.2, 0) is 4.79 Å². The Morgan fingerprint density at radius 1 is 1.32 bits per heavy atom. The monoisotopic (exact) mass is 299 g/mol. The van der Waals surface area contributed by atoms with Crippen LogP contribution >= 0.6 is 0 Å². The van der Waals surface area contributed by atoms with Gasteiger partial charge in [-0.05, 0) is 42.8 Å². The van der Waals surface area contributed by atoms with Crippen LogP contribution < -0.4 is 15.5 Å². The van der Waals surface area contributed by atoms with Gasteiger partial charge in [0.15, 0.2) is 0 Å². The Labute approximate surface area is 128 Å². The molecular weight excluding hydrogens is 282 g/mol. The number of hydrogen-bond donors (Lipinski definition) is 3. The van der Waals surface area contributed by atoms with Crippen molar-refractivity contribution in [3.05, 3.63) is 54.2 Å². The topological polar surface area (TPSA) is 83.5 Å². The molecule has 1 heterocycles. The number of nitrogens with one attached hydrogen (secondary N) is 2. The Hall–Kier alpha value is -2.86. The molecule has 0 spiro atoms. The van der Waals surface area contributed by atoms with Gasteiger partial charge in [0.1, 0.15) is 11.6 Å². The van der Waals surface area contributed by atoms with E-state index in [9.17, 15) is 4.79 Å². The lowest BCUT2D eigenvalue weighted by atomic mass is 10.2. The van der Waals surface area contributed by atoms with Gasteiger partial charge in [-0.3, -0.25) is 10.0 Å². The zero-order valence-electron chi connectivity index (χ0n) is 12.1. The molecule has 0 unspecified atom stereocenters. The summed E-state index contributed by atoms with van der Waals surface area (Å²) >= 11 is 0. The molecule has 2 aromatic rings. The minimum Gasteiger partial charge on any atom is -0.492 e. The van der Waals surface area contributed by atoms with E-state index in [1.54, 1.807) is 24.4 Å². The lowest BCUT2D eigenvalue weighted by Gasteiger charge is -2.11. The molecule has 0 bridgehead atoms. The summed E-state index contributed by atoms with van der Waals surface area (Å²) in [5.41, 5.74) is 3.10. The molecule has 0 atom stereocenters. The van der Waals surface area contributed by atoms with Crippen LogP contribution in [0.25, 0.3) is 6.08 Å². The Bertz CT molecular complexity index is 654. The molecule has 0 aliphatic heterocycles. The fourth-order valence-corrected chi connectivity index (χ4v) is 1.78. The standard InChI is InChI=1S/C16H17N3O3/c1-2-22-14-6-4-3-5-13(14)18-15-9-7-12(11-17-15)8-10-16(20)19-21/h3-11,21H,2H2,1H3,(H,17,18)(H,19,20). The molecule has 1 aromatic heterocycles. The molecule has 6 nitrogen and oxygen atoms in total. The smallest absolute Gasteiger partial charge is 0.267 e. The maximum Gasteiger partial charge on any atom is 0.267 e. The molecule has 0 radical (unpaired) electrons. The van der Waals surface area contributed by atoms with E-state index in [1.807, 2.05) is 31.2 Å². The highest BCUT2D eigenvalue weighted by Gasteiger charge is 2.03. The third-order valence-corrected chi connectivity index (χ3v) is 2.77. The number of carbonyl (C=O) groups is 1. The second-order valence-electron chi connectivity index (χ2n) is 4.34. The lowest BCUT2D eigenvalue weighted by molar-refractivity contribution is -0.124. The molecule has 0 saturated heterocycles. The van der Waals surface area contributed by atoms with Crippen molar-refractivity contribution < 1.29 is 14.7 Å². The number of aromatic nitrogens is 1. The van der Waals surface area contributed by atoms with Crippen molar-refractivity contribution in [2.45, 2.75) is 6.92 Å². The third kappa shape index (κ3) is 4.32. The minimum atomic E-state index is -0.590. The van der Waals surface area contributed by atoms with Crippen molar-refractivity contribution in [1.29, 1.82) is 0 Å². The largest absolute Gasteiger partial charge is 0.492 e. The molecule has 1 aromatic carbocycles. The Morgan fingerprint density at radius 3 is 2.82 bits per heavy atom. The predicted octanol–water partition coefficient (Wildman–Crippen LogP) is 2.74. The predicted molar refractivity (Wildman–Crippen MR) is 84.1 cm³/mol. The first-order valence-corrected chi connectivity index (χ1v) is 6.80. The van der Waals surface area contributed by atoms with Gasteiger partial charge in [0.2, 0.25) is 0 Å². The third-order valence-electron chi connectivity index (χ3n) is 2.77. The number of anilines is 2. The molecule has 3 N–H and O–H groups in total. The Balaban J connectivity index is 2.08. The van der Waals surface area contributed by atoms with Crippen molar-refractivity contribution in [3.8, 4) is 5.75 Å². The van der Waals surface area contributed by atoms with Gasteiger partial charge in [0.05, 0.1) is 12.3 Å². The molecule has 22 heavy (non-hydrogen) atoms. The van der Waals surface area contributed by atoms with E-state index in [0.29, 0.717) is 12.4 Å². The summed E-state index contributed by atoms with van der Waals surface area (Å²) in [5, 5.41) is 11.6. The van der Waals surface area contributed by atoms with Gasteiger partial charge in [-0.1, -0.05) is 12.1 Å². The van der Waals surface area contributed by atoms with Crippen molar-refractivity contribution in [1.82, 2.24) is 10.5 Å². The van der Waals surface area contributed by atoms with Gasteiger partial charge in [0.25, 0.3) is 5.91 Å². The van der Waals surface area contributed by atoms with Crippen LogP contribution in [0.1, 0.15) is 12.5 Å². The summed E-state index contributed by atoms with van der Waals surface area (Å²) in [6.07, 6.45) is 4.39. The molecule has 0 aliphatic rings. The molecule has 0 saturated carbocycles. The normalized spacial score (nSPS) is 10.5. The zero-order chi connectivity index (χ0) is 15.8. The van der Waals surface area contributed by atoms with Crippen LogP contribution in [0.5, 0.6) is 5.75 Å². The van der Waals surface area contributed by atoms with E-state index in [4.69, 9.17) is 9.94 Å². The number of rotatable bonds is 6. The molecule has 1 amide bonds. The molecule has 2 rings (SSSR count). The summed E-state index contributed by atoms with van der Waals surface area (Å²) in [7, 11) is 0. The highest BCUT2D eigenvalue weighted by molar-refractivity contribution is 5.90. The first-order chi connectivity index (χ1) is 10.7. The minimum absolute atomic E-state index is 0.586. The maximum atomic E-state index is 10.9. The highest BCUT2D eigenvalue weighted by atomic mass is 16.5. The van der Waals surface area contributed by atoms with Crippen molar-refractivity contribution in [2.75, 3.05) is 11.9 Å². The average Bonchev–Trinajstić information content (AvgIpc) is 2.56. The van der Waals surface area contributed by atoms with E-state index in [1.165, 1.54) is 11.6 Å². The quantitative estimate of drug-likeness (QED) is 0.434. The van der Waals surface area contributed by atoms with Crippen LogP contribution in [0.15, 0.2) is 48.7 Å². The van der Waals surface area contributed by atoms with Gasteiger partial charge in [-0.2, -0.15) is 0 Å². The summed E-state index contributed by atoms with van der Waals surface area (Å²) in [6, 6.07) is 11.2. The van der Waals surface area contributed by atoms with Gasteiger partial charge >= 0.3 is 0 Å². The maximum absolute atomic E-state index is 10.9. The van der Waals surface area contributed by atoms with E-state index in [2.05, 4.69) is 10.3 Å². The zero-order valence-corrected chi connectivity index (χ0v) is 12.1. The van der Waals surface area contributed by atoms with E-state index >= 15 is 0 Å². The van der Waals surface area contributed by atoms with Crippen molar-refractivity contribution >= 4 is 23.5 Å². The highest BCUT2D eigenvalue weighted by Crippen LogP contribution is 2.26. The number of pyridine rings is 1. The molecule has 114 valence electrons. The fraction of sp³-hybridized carbons (Fsp3) is 0.125. The first kappa shape index (κ1) is 15.5. The van der Waals surface area contributed by atoms with Crippen molar-refractivity contribution in [3.63, 3.8) is 0 Å². The molecule has 6 heteroatoms. The second kappa shape index (κ2) is 7.80. The van der Waals surface area contributed by atoms with Crippen molar-refractivity contribution in [2.24, 2.45) is 0 Å². The van der Waals surface area contributed by atoms with Crippen LogP contribution in [0.2, 0.25) is 0 Å². The Kier molecular flexibility index (Phi) is 5.50. The summed E-state index contributed by atoms with van der Waals surface area (Å²) in [4.78, 5) is 15.2. The number of benzene rings is 1. The number of para-hydroxylation sites is 2. The SMILES string of the molecule is CCOc1ccccc1Nc1ccc(C=CC(=O)NO)cn1. The molecule has 0 aliphatic carbocycles. The fourth-order valence-electron chi connectivity index (χ4n) is 1.78.